The lowest BCUT2D eigenvalue weighted by Gasteiger charge is -2.15. The Hall–Kier alpha value is -8.48. The number of hydrogen-bond donors (Lipinski definition) is 0. The van der Waals surface area contributed by atoms with E-state index in [0.29, 0.717) is 5.56 Å². The molecule has 0 fully saturated rings. The van der Waals surface area contributed by atoms with E-state index in [4.69, 9.17) is 9.40 Å². The van der Waals surface area contributed by atoms with E-state index in [9.17, 15) is 13.2 Å². The second-order valence-electron chi connectivity index (χ2n) is 17.0. The molecule has 0 saturated heterocycles. The van der Waals surface area contributed by atoms with E-state index < -0.39 is 11.7 Å². The molecule has 0 bridgehead atoms. The summed E-state index contributed by atoms with van der Waals surface area (Å²) in [5, 5.41) is 11.0. The number of alkyl halides is 3. The zero-order valence-corrected chi connectivity index (χ0v) is 35.1. The molecule has 0 N–H and O–H groups in total. The van der Waals surface area contributed by atoms with Gasteiger partial charge in [0.15, 0.2) is 0 Å². The first-order valence-corrected chi connectivity index (χ1v) is 21.9. The average molecular weight is 857 g/mol. The van der Waals surface area contributed by atoms with Gasteiger partial charge in [-0.25, -0.2) is 4.98 Å². The van der Waals surface area contributed by atoms with Crippen LogP contribution in [0.3, 0.4) is 0 Å². The van der Waals surface area contributed by atoms with E-state index in [1.807, 2.05) is 60.7 Å². The quantitative estimate of drug-likeness (QED) is 0.162. The van der Waals surface area contributed by atoms with Crippen LogP contribution in [0.2, 0.25) is 0 Å². The third kappa shape index (κ3) is 6.10. The van der Waals surface area contributed by atoms with Gasteiger partial charge in [0.2, 0.25) is 0 Å². The zero-order valence-electron chi connectivity index (χ0n) is 35.1. The maximum Gasteiger partial charge on any atom is 0.416 e. The van der Waals surface area contributed by atoms with E-state index in [1.165, 1.54) is 0 Å². The molecule has 0 aliphatic heterocycles. The number of pyridine rings is 1. The van der Waals surface area contributed by atoms with E-state index in [1.54, 1.807) is 12.1 Å². The zero-order chi connectivity index (χ0) is 44.1. The van der Waals surface area contributed by atoms with Crippen LogP contribution in [0.5, 0.6) is 0 Å². The standard InChI is InChI=1S/C60H35F3N2O/c61-60(62,63)42-24-19-36(20-25-42)39-22-27-56-51(30-39)52-34-49-46-26-21-40(41-23-28-59-53(31-41)47-17-9-10-18-58(47)66-59)29-48(46)44-15-7-8-16-45(44)50(49)35-57(52)65(56)43-32-54(37-11-3-1-4-12-37)64-55(33-43)38-13-5-2-6-14-38/h1-35H. The minimum atomic E-state index is -4.42. The number of hydrogen-bond acceptors (Lipinski definition) is 2. The van der Waals surface area contributed by atoms with E-state index >= 15 is 0 Å². The Morgan fingerprint density at radius 2 is 0.818 bits per heavy atom. The largest absolute Gasteiger partial charge is 0.456 e. The Labute approximate surface area is 376 Å². The second kappa shape index (κ2) is 14.5. The molecular formula is C60H35F3N2O. The van der Waals surface area contributed by atoms with Crippen molar-refractivity contribution in [2.45, 2.75) is 6.18 Å². The van der Waals surface area contributed by atoms with Crippen LogP contribution in [0.15, 0.2) is 217 Å². The molecule has 13 aromatic rings. The van der Waals surface area contributed by atoms with Crippen molar-refractivity contribution in [1.29, 1.82) is 0 Å². The van der Waals surface area contributed by atoms with Gasteiger partial charge in [-0.05, 0) is 127 Å². The number of aromatic nitrogens is 2. The molecule has 3 nitrogen and oxygen atoms in total. The van der Waals surface area contributed by atoms with Crippen LogP contribution in [-0.4, -0.2) is 9.55 Å². The Kier molecular flexibility index (Phi) is 8.37. The van der Waals surface area contributed by atoms with Gasteiger partial charge in [-0.1, -0.05) is 140 Å². The molecule has 6 heteroatoms. The average Bonchev–Trinajstić information content (AvgIpc) is 3.90. The van der Waals surface area contributed by atoms with Crippen molar-refractivity contribution in [3.8, 4) is 50.5 Å². The van der Waals surface area contributed by atoms with Gasteiger partial charge in [-0.15, -0.1) is 0 Å². The normalized spacial score (nSPS) is 12.2. The van der Waals surface area contributed by atoms with Crippen LogP contribution in [0.1, 0.15) is 5.56 Å². The lowest BCUT2D eigenvalue weighted by molar-refractivity contribution is -0.137. The summed E-state index contributed by atoms with van der Waals surface area (Å²) < 4.78 is 49.5. The first kappa shape index (κ1) is 38.0. The summed E-state index contributed by atoms with van der Waals surface area (Å²) in [4.78, 5) is 5.20. The summed E-state index contributed by atoms with van der Waals surface area (Å²) in [6, 6.07) is 71.0. The topological polar surface area (TPSA) is 31.0 Å². The molecule has 66 heavy (non-hydrogen) atoms. The summed E-state index contributed by atoms with van der Waals surface area (Å²) >= 11 is 0. The highest BCUT2D eigenvalue weighted by Crippen LogP contribution is 2.44. The number of benzene rings is 10. The molecule has 0 aliphatic carbocycles. The van der Waals surface area contributed by atoms with Crippen LogP contribution >= 0.6 is 0 Å². The first-order valence-electron chi connectivity index (χ1n) is 21.9. The highest BCUT2D eigenvalue weighted by Gasteiger charge is 2.30. The molecular weight excluding hydrogens is 822 g/mol. The van der Waals surface area contributed by atoms with E-state index in [0.717, 1.165) is 133 Å². The first-order chi connectivity index (χ1) is 32.3. The monoisotopic (exact) mass is 856 g/mol. The molecule has 0 unspecified atom stereocenters. The molecule has 0 saturated carbocycles. The fourth-order valence-electron chi connectivity index (χ4n) is 10.0. The lowest BCUT2D eigenvalue weighted by Crippen LogP contribution is -2.03. The highest BCUT2D eigenvalue weighted by atomic mass is 19.4. The van der Waals surface area contributed by atoms with Crippen molar-refractivity contribution in [2.75, 3.05) is 0 Å². The minimum Gasteiger partial charge on any atom is -0.456 e. The van der Waals surface area contributed by atoms with Gasteiger partial charge in [0.05, 0.1) is 33.7 Å². The second-order valence-corrected chi connectivity index (χ2v) is 17.0. The Balaban J connectivity index is 1.09. The summed E-state index contributed by atoms with van der Waals surface area (Å²) in [6.07, 6.45) is -4.42. The molecule has 13 rings (SSSR count). The Morgan fingerprint density at radius 1 is 0.333 bits per heavy atom. The smallest absolute Gasteiger partial charge is 0.416 e. The van der Waals surface area contributed by atoms with Crippen molar-refractivity contribution in [3.63, 3.8) is 0 Å². The maximum absolute atomic E-state index is 13.7. The summed E-state index contributed by atoms with van der Waals surface area (Å²) in [7, 11) is 0. The highest BCUT2D eigenvalue weighted by molar-refractivity contribution is 6.29. The van der Waals surface area contributed by atoms with Gasteiger partial charge in [-0.2, -0.15) is 13.2 Å². The number of fused-ring (bicyclic) bond motifs is 12. The molecule has 312 valence electrons. The van der Waals surface area contributed by atoms with Crippen molar-refractivity contribution in [2.24, 2.45) is 0 Å². The van der Waals surface area contributed by atoms with Gasteiger partial charge >= 0.3 is 6.18 Å². The van der Waals surface area contributed by atoms with E-state index in [2.05, 4.69) is 132 Å². The van der Waals surface area contributed by atoms with Gasteiger partial charge < -0.3 is 8.98 Å². The summed E-state index contributed by atoms with van der Waals surface area (Å²) in [6.45, 7) is 0. The predicted octanol–water partition coefficient (Wildman–Crippen LogP) is 17.2. The van der Waals surface area contributed by atoms with E-state index in [-0.39, 0.29) is 0 Å². The number of furan rings is 1. The third-order valence-electron chi connectivity index (χ3n) is 13.2. The molecule has 0 atom stereocenters. The predicted molar refractivity (Wildman–Crippen MR) is 265 cm³/mol. The fraction of sp³-hybridized carbons (Fsp3) is 0.0167. The van der Waals surface area contributed by atoms with Gasteiger partial charge in [0.1, 0.15) is 11.2 Å². The molecule has 0 radical (unpaired) electrons. The van der Waals surface area contributed by atoms with Crippen molar-refractivity contribution in [3.05, 3.63) is 218 Å². The number of para-hydroxylation sites is 1. The van der Waals surface area contributed by atoms with Crippen LogP contribution < -0.4 is 0 Å². The summed E-state index contributed by atoms with van der Waals surface area (Å²) in [5.74, 6) is 0. The van der Waals surface area contributed by atoms with Gasteiger partial charge in [0.25, 0.3) is 0 Å². The van der Waals surface area contributed by atoms with Crippen LogP contribution in [0, 0.1) is 0 Å². The van der Waals surface area contributed by atoms with Crippen molar-refractivity contribution < 1.29 is 17.6 Å². The molecule has 0 aliphatic rings. The Morgan fingerprint density at radius 3 is 1.50 bits per heavy atom. The van der Waals surface area contributed by atoms with Crippen molar-refractivity contribution >= 4 is 76.1 Å². The number of nitrogens with zero attached hydrogens (tertiary/aromatic N) is 2. The fourth-order valence-corrected chi connectivity index (χ4v) is 10.0. The summed E-state index contributed by atoms with van der Waals surface area (Å²) in [5.41, 5.74) is 11.4. The third-order valence-corrected chi connectivity index (χ3v) is 13.2. The number of rotatable bonds is 5. The molecule has 0 spiro atoms. The Bertz CT molecular complexity index is 4020. The van der Waals surface area contributed by atoms with Crippen LogP contribution in [0.25, 0.3) is 127 Å². The van der Waals surface area contributed by atoms with Gasteiger partial charge in [0, 0.05) is 32.7 Å². The lowest BCUT2D eigenvalue weighted by atomic mass is 9.91. The maximum atomic E-state index is 13.7. The van der Waals surface area contributed by atoms with Crippen LogP contribution in [0.4, 0.5) is 13.2 Å². The molecule has 0 amide bonds. The molecule has 10 aromatic carbocycles. The molecule has 3 aromatic heterocycles. The van der Waals surface area contributed by atoms with Crippen molar-refractivity contribution in [1.82, 2.24) is 9.55 Å². The molecule has 3 heterocycles. The minimum absolute atomic E-state index is 0.672. The number of halogens is 3. The van der Waals surface area contributed by atoms with Crippen LogP contribution in [-0.2, 0) is 6.18 Å². The van der Waals surface area contributed by atoms with Gasteiger partial charge in [-0.3, -0.25) is 0 Å². The SMILES string of the molecule is FC(F)(F)c1ccc(-c2ccc3c(c2)c2cc4c5ccc(-c6ccc7oc8ccccc8c7c6)cc5c5ccccc5c4cc2n3-c2cc(-c3ccccc3)nc(-c3ccccc3)c2)cc1.